The summed E-state index contributed by atoms with van der Waals surface area (Å²) in [4.78, 5) is 0.961. The summed E-state index contributed by atoms with van der Waals surface area (Å²) in [5.74, 6) is 0.232. The molecule has 1 aromatic carbocycles. The van der Waals surface area contributed by atoms with Crippen LogP contribution in [0.15, 0.2) is 33.8 Å². The maximum Gasteiger partial charge on any atom is 0.138 e. The average molecular weight is 571 g/mol. The van der Waals surface area contributed by atoms with Crippen LogP contribution in [0.1, 0.15) is 0 Å². The van der Waals surface area contributed by atoms with Crippen molar-refractivity contribution >= 4 is 91.0 Å². The summed E-state index contributed by atoms with van der Waals surface area (Å²) < 4.78 is 4.43. The lowest BCUT2D eigenvalue weighted by Crippen LogP contribution is -1.79. The number of phenolic OH excluding ortho intramolecular Hbond substituents is 1. The molecule has 0 saturated carbocycles. The number of rotatable bonds is 1. The number of hydrogen-bond donors (Lipinski definition) is 1. The Morgan fingerprint density at radius 3 is 2.12 bits per heavy atom. The third-order valence-electron chi connectivity index (χ3n) is 2.03. The largest absolute Gasteiger partial charge is 0.506 e. The molecule has 90 valence electrons. The van der Waals surface area contributed by atoms with Gasteiger partial charge in [0.2, 0.25) is 0 Å². The number of hydrogen-bond acceptors (Lipinski definition) is 2. The van der Waals surface area contributed by atoms with Gasteiger partial charge in [0.1, 0.15) is 5.75 Å². The highest BCUT2D eigenvalue weighted by molar-refractivity contribution is 9.14. The first kappa shape index (κ1) is 14.5. The summed E-state index contributed by atoms with van der Waals surface area (Å²) in [6.45, 7) is 0. The number of aromatic hydroxyl groups is 1. The average Bonchev–Trinajstić information content (AvgIpc) is 2.51. The second-order valence-electron chi connectivity index (χ2n) is 3.12. The minimum atomic E-state index is 0.232. The number of phenols is 1. The Morgan fingerprint density at radius 1 is 0.941 bits per heavy atom. The van der Waals surface area contributed by atoms with E-state index < -0.39 is 0 Å². The van der Waals surface area contributed by atoms with Gasteiger partial charge in [0.15, 0.2) is 0 Å². The molecule has 2 aromatic rings. The molecule has 0 amide bonds. The summed E-state index contributed by atoms with van der Waals surface area (Å²) in [6.07, 6.45) is 0. The van der Waals surface area contributed by atoms with Crippen molar-refractivity contribution in [2.45, 2.75) is 0 Å². The zero-order valence-corrected chi connectivity index (χ0v) is 16.6. The Bertz CT molecular complexity index is 593. The summed E-state index contributed by atoms with van der Waals surface area (Å²) in [5, 5.41) is 10.1. The van der Waals surface area contributed by atoms with Gasteiger partial charge in [-0.1, -0.05) is 15.9 Å². The van der Waals surface area contributed by atoms with Crippen molar-refractivity contribution in [3.05, 3.63) is 33.8 Å². The molecule has 0 bridgehead atoms. The van der Waals surface area contributed by atoms with Gasteiger partial charge in [-0.3, -0.25) is 0 Å². The first-order valence-electron chi connectivity index (χ1n) is 4.23. The maximum absolute atomic E-state index is 10.1. The van der Waals surface area contributed by atoms with Crippen molar-refractivity contribution in [1.82, 2.24) is 0 Å². The summed E-state index contributed by atoms with van der Waals surface area (Å²) in [7, 11) is 0. The summed E-state index contributed by atoms with van der Waals surface area (Å²) in [6, 6.07) is 3.69. The van der Waals surface area contributed by atoms with Crippen LogP contribution in [0.4, 0.5) is 0 Å². The molecule has 0 aliphatic heterocycles. The smallest absolute Gasteiger partial charge is 0.138 e. The summed E-state index contributed by atoms with van der Waals surface area (Å²) >= 11 is 18.7. The van der Waals surface area contributed by atoms with E-state index >= 15 is 0 Å². The zero-order chi connectivity index (χ0) is 12.7. The first-order chi connectivity index (χ1) is 7.91. The van der Waals surface area contributed by atoms with E-state index in [0.717, 1.165) is 27.6 Å². The Kier molecular flexibility index (Phi) is 4.81. The highest BCUT2D eigenvalue weighted by atomic mass is 79.9. The van der Waals surface area contributed by atoms with E-state index in [2.05, 4.69) is 79.6 Å². The van der Waals surface area contributed by atoms with Crippen LogP contribution in [0.25, 0.3) is 10.4 Å². The minimum absolute atomic E-state index is 0.232. The molecule has 1 N–H and O–H groups in total. The van der Waals surface area contributed by atoms with E-state index in [1.807, 2.05) is 12.1 Å². The van der Waals surface area contributed by atoms with E-state index in [-0.39, 0.29) is 5.75 Å². The molecule has 1 heterocycles. The van der Waals surface area contributed by atoms with E-state index in [1.54, 1.807) is 11.3 Å². The Balaban J connectivity index is 2.72. The quantitative estimate of drug-likeness (QED) is 0.394. The molecular formula is C10H3Br5OS. The molecule has 0 fully saturated rings. The number of halogens is 5. The van der Waals surface area contributed by atoms with Crippen LogP contribution in [0.2, 0.25) is 0 Å². The van der Waals surface area contributed by atoms with Crippen molar-refractivity contribution in [3.63, 3.8) is 0 Å². The van der Waals surface area contributed by atoms with E-state index in [0.29, 0.717) is 4.47 Å². The highest BCUT2D eigenvalue weighted by Crippen LogP contribution is 2.50. The molecular weight excluding hydrogens is 568 g/mol. The van der Waals surface area contributed by atoms with Crippen LogP contribution in [-0.4, -0.2) is 5.11 Å². The van der Waals surface area contributed by atoms with Crippen molar-refractivity contribution in [3.8, 4) is 16.2 Å². The predicted molar refractivity (Wildman–Crippen MR) is 89.9 cm³/mol. The standard InChI is InChI=1S/C10H3Br5OS/c11-3-1-4(8(16)5(12)2-3)9-6(13)7(14)10(15)17-9/h1-2,16H. The molecule has 1 nitrogen and oxygen atoms in total. The lowest BCUT2D eigenvalue weighted by Gasteiger charge is -2.06. The van der Waals surface area contributed by atoms with Crippen LogP contribution in [0.5, 0.6) is 5.75 Å². The molecule has 0 saturated heterocycles. The van der Waals surface area contributed by atoms with Gasteiger partial charge in [0.25, 0.3) is 0 Å². The van der Waals surface area contributed by atoms with Crippen LogP contribution in [0.3, 0.4) is 0 Å². The van der Waals surface area contributed by atoms with Gasteiger partial charge in [0.05, 0.1) is 22.1 Å². The normalized spacial score (nSPS) is 10.9. The first-order valence-corrected chi connectivity index (χ1v) is 9.01. The lowest BCUT2D eigenvalue weighted by molar-refractivity contribution is 0.474. The van der Waals surface area contributed by atoms with Crippen LogP contribution in [-0.2, 0) is 0 Å². The third-order valence-corrected chi connectivity index (χ3v) is 8.16. The Hall–Kier alpha value is 1.12. The lowest BCUT2D eigenvalue weighted by atomic mass is 10.2. The molecule has 0 atom stereocenters. The second kappa shape index (κ2) is 5.63. The van der Waals surface area contributed by atoms with Crippen molar-refractivity contribution in [2.75, 3.05) is 0 Å². The number of benzene rings is 1. The number of thiophene rings is 1. The topological polar surface area (TPSA) is 20.2 Å². The highest BCUT2D eigenvalue weighted by Gasteiger charge is 2.18. The second-order valence-corrected chi connectivity index (χ2v) is 8.81. The third kappa shape index (κ3) is 2.84. The molecule has 0 spiro atoms. The van der Waals surface area contributed by atoms with Crippen LogP contribution < -0.4 is 0 Å². The van der Waals surface area contributed by atoms with Gasteiger partial charge in [-0.25, -0.2) is 0 Å². The van der Waals surface area contributed by atoms with Gasteiger partial charge in [-0.15, -0.1) is 11.3 Å². The fourth-order valence-corrected chi connectivity index (χ4v) is 5.64. The van der Waals surface area contributed by atoms with Gasteiger partial charge in [-0.05, 0) is 75.9 Å². The zero-order valence-electron chi connectivity index (χ0n) is 7.90. The van der Waals surface area contributed by atoms with Crippen LogP contribution >= 0.6 is 91.0 Å². The Morgan fingerprint density at radius 2 is 1.59 bits per heavy atom. The maximum atomic E-state index is 10.1. The van der Waals surface area contributed by atoms with Gasteiger partial charge in [0, 0.05) is 10.0 Å². The van der Waals surface area contributed by atoms with E-state index in [1.165, 1.54) is 0 Å². The summed E-state index contributed by atoms with van der Waals surface area (Å²) in [5.41, 5.74) is 0.773. The minimum Gasteiger partial charge on any atom is -0.506 e. The molecule has 0 unspecified atom stereocenters. The molecule has 7 heteroatoms. The van der Waals surface area contributed by atoms with Crippen LogP contribution in [0, 0.1) is 0 Å². The monoisotopic (exact) mass is 566 g/mol. The van der Waals surface area contributed by atoms with Crippen molar-refractivity contribution in [2.24, 2.45) is 0 Å². The molecule has 2 rings (SSSR count). The molecule has 0 aliphatic carbocycles. The fraction of sp³-hybridized carbons (Fsp3) is 0. The SMILES string of the molecule is Oc1c(Br)cc(Br)cc1-c1sc(Br)c(Br)c1Br. The molecule has 1 aromatic heterocycles. The predicted octanol–water partition coefficient (Wildman–Crippen LogP) is 6.93. The van der Waals surface area contributed by atoms with E-state index in [4.69, 9.17) is 0 Å². The fourth-order valence-electron chi connectivity index (χ4n) is 1.28. The Labute approximate surface area is 144 Å². The van der Waals surface area contributed by atoms with Crippen molar-refractivity contribution < 1.29 is 5.11 Å². The van der Waals surface area contributed by atoms with Gasteiger partial charge < -0.3 is 5.11 Å². The van der Waals surface area contributed by atoms with E-state index in [9.17, 15) is 5.11 Å². The van der Waals surface area contributed by atoms with Crippen molar-refractivity contribution in [1.29, 1.82) is 0 Å². The van der Waals surface area contributed by atoms with Gasteiger partial charge >= 0.3 is 0 Å². The molecule has 0 aliphatic rings. The molecule has 17 heavy (non-hydrogen) atoms. The van der Waals surface area contributed by atoms with Gasteiger partial charge in [-0.2, -0.15) is 0 Å². The molecule has 0 radical (unpaired) electrons.